The molecule has 0 bridgehead atoms. The number of amides is 1. The van der Waals surface area contributed by atoms with Crippen molar-refractivity contribution in [2.75, 3.05) is 19.6 Å². The topological polar surface area (TPSA) is 72.6 Å². The van der Waals surface area contributed by atoms with Crippen molar-refractivity contribution in [1.29, 1.82) is 5.26 Å². The first kappa shape index (κ1) is 26.8. The molecule has 0 aliphatic carbocycles. The van der Waals surface area contributed by atoms with Gasteiger partial charge in [0, 0.05) is 60.3 Å². The zero-order valence-electron chi connectivity index (χ0n) is 22.5. The molecule has 0 spiro atoms. The highest BCUT2D eigenvalue weighted by molar-refractivity contribution is 7.10. The number of rotatable bonds is 5. The molecule has 200 valence electrons. The van der Waals surface area contributed by atoms with Gasteiger partial charge >= 0.3 is 0 Å². The van der Waals surface area contributed by atoms with Crippen LogP contribution in [0.15, 0.2) is 59.0 Å². The van der Waals surface area contributed by atoms with E-state index in [0.29, 0.717) is 30.6 Å². The lowest BCUT2D eigenvalue weighted by atomic mass is 9.93. The van der Waals surface area contributed by atoms with Crippen LogP contribution in [0, 0.1) is 22.6 Å². The van der Waals surface area contributed by atoms with Gasteiger partial charge in [-0.05, 0) is 66.8 Å². The summed E-state index contributed by atoms with van der Waals surface area (Å²) in [6.07, 6.45) is 4.31. The predicted octanol–water partition coefficient (Wildman–Crippen LogP) is 6.78. The van der Waals surface area contributed by atoms with Crippen molar-refractivity contribution in [3.63, 3.8) is 0 Å². The fourth-order valence-corrected chi connectivity index (χ4v) is 6.05. The van der Waals surface area contributed by atoms with Crippen molar-refractivity contribution in [2.45, 2.75) is 46.0 Å². The quantitative estimate of drug-likeness (QED) is 0.357. The van der Waals surface area contributed by atoms with E-state index in [4.69, 9.17) is 15.3 Å². The Balaban J connectivity index is 1.35. The van der Waals surface area contributed by atoms with Gasteiger partial charge in [-0.15, -0.1) is 11.3 Å². The number of piperidine rings is 1. The minimum absolute atomic E-state index is 0.00596. The number of carbonyl (C=O) groups excluding carboxylic acids is 1. The van der Waals surface area contributed by atoms with Crippen molar-refractivity contribution in [3.05, 3.63) is 87.1 Å². The summed E-state index contributed by atoms with van der Waals surface area (Å²) in [5.41, 5.74) is 5.26. The third-order valence-corrected chi connectivity index (χ3v) is 7.96. The minimum Gasteiger partial charge on any atom is -0.339 e. The minimum atomic E-state index is -0.261. The fourth-order valence-electron chi connectivity index (χ4n) is 5.09. The van der Waals surface area contributed by atoms with E-state index >= 15 is 0 Å². The van der Waals surface area contributed by atoms with Gasteiger partial charge in [0.15, 0.2) is 0 Å². The highest BCUT2D eigenvalue weighted by atomic mass is 32.1. The Hall–Kier alpha value is -3.83. The largest absolute Gasteiger partial charge is 0.339 e. The number of hydrogen-bond donors (Lipinski definition) is 0. The molecule has 0 radical (unpaired) electrons. The van der Waals surface area contributed by atoms with Gasteiger partial charge < -0.3 is 4.90 Å². The van der Waals surface area contributed by atoms with E-state index in [1.165, 1.54) is 12.1 Å². The average molecular weight is 542 g/mol. The van der Waals surface area contributed by atoms with E-state index in [0.717, 1.165) is 46.9 Å². The Morgan fingerprint density at radius 2 is 1.79 bits per heavy atom. The van der Waals surface area contributed by atoms with Crippen LogP contribution in [0.4, 0.5) is 4.39 Å². The molecule has 1 aromatic heterocycles. The smallest absolute Gasteiger partial charge is 0.253 e. The Morgan fingerprint density at radius 3 is 2.44 bits per heavy atom. The van der Waals surface area contributed by atoms with E-state index in [1.54, 1.807) is 35.6 Å². The number of likely N-dealkylation sites (tertiary alicyclic amines) is 1. The zero-order chi connectivity index (χ0) is 27.6. The number of allylic oxidation sites excluding steroid dienone is 1. The van der Waals surface area contributed by atoms with Crippen LogP contribution < -0.4 is 0 Å². The van der Waals surface area contributed by atoms with Crippen molar-refractivity contribution in [1.82, 2.24) is 14.9 Å². The summed E-state index contributed by atoms with van der Waals surface area (Å²) >= 11 is 1.64. The lowest BCUT2D eigenvalue weighted by molar-refractivity contribution is 0.0712. The van der Waals surface area contributed by atoms with Gasteiger partial charge in [-0.3, -0.25) is 9.80 Å². The number of aromatic nitrogens is 1. The molecule has 2 aromatic carbocycles. The van der Waals surface area contributed by atoms with Gasteiger partial charge in [0.1, 0.15) is 10.8 Å². The first-order valence-electron chi connectivity index (χ1n) is 13.3. The summed E-state index contributed by atoms with van der Waals surface area (Å²) in [7, 11) is 0. The maximum absolute atomic E-state index is 13.8. The Kier molecular flexibility index (Phi) is 7.62. The van der Waals surface area contributed by atoms with Gasteiger partial charge in [-0.2, -0.15) is 10.4 Å². The Labute approximate surface area is 233 Å². The molecule has 3 heterocycles. The molecule has 0 saturated carbocycles. The predicted molar refractivity (Wildman–Crippen MR) is 154 cm³/mol. The number of benzene rings is 2. The number of nitrogens with zero attached hydrogens (tertiary/aromatic N) is 5. The van der Waals surface area contributed by atoms with E-state index in [9.17, 15) is 9.18 Å². The molecule has 1 saturated heterocycles. The van der Waals surface area contributed by atoms with Crippen LogP contribution in [0.2, 0.25) is 0 Å². The third kappa shape index (κ3) is 6.10. The molecule has 39 heavy (non-hydrogen) atoms. The number of carbonyl (C=O) groups is 1. The molecule has 0 atom stereocenters. The van der Waals surface area contributed by atoms with Gasteiger partial charge in [0.05, 0.1) is 23.0 Å². The molecule has 1 amide bonds. The van der Waals surface area contributed by atoms with E-state index in [-0.39, 0.29) is 23.1 Å². The Bertz CT molecular complexity index is 1440. The van der Waals surface area contributed by atoms with Crippen LogP contribution in [0.1, 0.15) is 78.1 Å². The molecule has 6 nitrogen and oxygen atoms in total. The molecule has 3 aromatic rings. The van der Waals surface area contributed by atoms with Crippen molar-refractivity contribution < 1.29 is 9.18 Å². The number of hydrazone groups is 1. The molecule has 0 unspecified atom stereocenters. The number of nitriles is 1. The number of halogens is 1. The fraction of sp³-hybridized carbons (Fsp3) is 0.355. The normalized spacial score (nSPS) is 16.5. The third-order valence-electron chi connectivity index (χ3n) is 7.04. The summed E-state index contributed by atoms with van der Waals surface area (Å²) in [6, 6.07) is 15.5. The van der Waals surface area contributed by atoms with Crippen LogP contribution in [0.25, 0.3) is 11.3 Å². The van der Waals surface area contributed by atoms with Gasteiger partial charge in [-0.25, -0.2) is 9.37 Å². The highest BCUT2D eigenvalue weighted by Gasteiger charge is 2.29. The van der Waals surface area contributed by atoms with Crippen molar-refractivity contribution >= 4 is 34.7 Å². The average Bonchev–Trinajstić information content (AvgIpc) is 3.43. The summed E-state index contributed by atoms with van der Waals surface area (Å²) in [5.74, 6) is 0.0346. The Morgan fingerprint density at radius 1 is 1.10 bits per heavy atom. The van der Waals surface area contributed by atoms with Gasteiger partial charge in [0.25, 0.3) is 5.91 Å². The summed E-state index contributed by atoms with van der Waals surface area (Å²) < 4.78 is 13.8. The lowest BCUT2D eigenvalue weighted by Crippen LogP contribution is -2.38. The van der Waals surface area contributed by atoms with Crippen LogP contribution in [0.5, 0.6) is 0 Å². The monoisotopic (exact) mass is 541 g/mol. The second-order valence-corrected chi connectivity index (χ2v) is 12.1. The molecular weight excluding hydrogens is 509 g/mol. The maximum atomic E-state index is 13.8. The van der Waals surface area contributed by atoms with Crippen molar-refractivity contribution in [2.24, 2.45) is 10.5 Å². The zero-order valence-corrected chi connectivity index (χ0v) is 23.3. The molecule has 8 heteroatoms. The molecule has 2 aliphatic heterocycles. The van der Waals surface area contributed by atoms with Crippen molar-refractivity contribution in [3.8, 4) is 6.07 Å². The van der Waals surface area contributed by atoms with Gasteiger partial charge in [-0.1, -0.05) is 20.8 Å². The van der Waals surface area contributed by atoms with Gasteiger partial charge in [0.2, 0.25) is 0 Å². The van der Waals surface area contributed by atoms with Crippen LogP contribution in [0.3, 0.4) is 0 Å². The SMILES string of the molecule is CC(C)(C)CN1N=CCC(c2nc(C3CCN(C(=O)c4ccc(C#N)cc4)CC3)cs2)=C1c1ccc(F)cc1. The standard InChI is InChI=1S/C31H32FN5OS/c1-31(2,3)20-37-28(23-8-10-25(32)11-9-23)26(12-15-34-37)29-35-27(19-39-29)22-13-16-36(17-14-22)30(38)24-6-4-21(18-33)5-7-24/h4-11,15,19,22H,12-14,16-17,20H2,1-3H3. The second kappa shape index (κ2) is 11.1. The van der Waals surface area contributed by atoms with E-state index < -0.39 is 0 Å². The first-order valence-corrected chi connectivity index (χ1v) is 14.1. The molecule has 5 rings (SSSR count). The highest BCUT2D eigenvalue weighted by Crippen LogP contribution is 2.39. The van der Waals surface area contributed by atoms with Crippen LogP contribution in [-0.4, -0.2) is 46.6 Å². The van der Waals surface area contributed by atoms with Crippen LogP contribution in [-0.2, 0) is 0 Å². The molecular formula is C31H32FN5OS. The number of hydrogen-bond acceptors (Lipinski definition) is 6. The summed E-state index contributed by atoms with van der Waals surface area (Å²) in [6.45, 7) is 8.61. The van der Waals surface area contributed by atoms with Crippen LogP contribution >= 0.6 is 11.3 Å². The summed E-state index contributed by atoms with van der Waals surface area (Å²) in [5, 5.41) is 18.8. The molecule has 1 fully saturated rings. The molecule has 2 aliphatic rings. The summed E-state index contributed by atoms with van der Waals surface area (Å²) in [4.78, 5) is 19.9. The molecule has 0 N–H and O–H groups in total. The maximum Gasteiger partial charge on any atom is 0.253 e. The van der Waals surface area contributed by atoms with E-state index in [2.05, 4.69) is 32.2 Å². The lowest BCUT2D eigenvalue weighted by Gasteiger charge is -2.33. The second-order valence-electron chi connectivity index (χ2n) is 11.3. The number of thiazole rings is 1. The first-order chi connectivity index (χ1) is 18.7. The van der Waals surface area contributed by atoms with E-state index in [1.807, 2.05) is 28.3 Å².